The van der Waals surface area contributed by atoms with Gasteiger partial charge in [0.05, 0.1) is 23.4 Å². The van der Waals surface area contributed by atoms with E-state index in [0.29, 0.717) is 24.4 Å². The number of carbonyl (C=O) groups is 2. The van der Waals surface area contributed by atoms with Crippen LogP contribution < -0.4 is 0 Å². The summed E-state index contributed by atoms with van der Waals surface area (Å²) in [6.45, 7) is 5.36. The van der Waals surface area contributed by atoms with Crippen molar-refractivity contribution < 1.29 is 14.0 Å². The zero-order chi connectivity index (χ0) is 21.5. The highest BCUT2D eigenvalue weighted by atomic mass is 16.3. The number of hydrogen-bond donors (Lipinski definition) is 0. The molecule has 0 spiro atoms. The van der Waals surface area contributed by atoms with Crippen molar-refractivity contribution in [1.82, 2.24) is 24.5 Å². The SMILES string of the molecule is Cc1occc1C(=O)N1CCC[C@]2(C(=O)N(C)C)CN(Cc3cnn(C)c3)C[C@@H]2C1. The lowest BCUT2D eigenvalue weighted by atomic mass is 9.74. The van der Waals surface area contributed by atoms with E-state index in [9.17, 15) is 9.59 Å². The van der Waals surface area contributed by atoms with Crippen molar-refractivity contribution in [2.45, 2.75) is 26.3 Å². The first kappa shape index (κ1) is 20.7. The Balaban J connectivity index is 1.59. The molecular weight excluding hydrogens is 382 g/mol. The largest absolute Gasteiger partial charge is 0.469 e. The lowest BCUT2D eigenvalue weighted by Gasteiger charge is -2.35. The zero-order valence-electron chi connectivity index (χ0n) is 18.3. The van der Waals surface area contributed by atoms with E-state index in [1.165, 1.54) is 0 Å². The van der Waals surface area contributed by atoms with E-state index in [-0.39, 0.29) is 17.7 Å². The summed E-state index contributed by atoms with van der Waals surface area (Å²) in [4.78, 5) is 32.5. The maximum absolute atomic E-state index is 13.4. The molecule has 2 aliphatic heterocycles. The van der Waals surface area contributed by atoms with Crippen LogP contribution in [-0.2, 0) is 18.4 Å². The molecule has 0 aliphatic carbocycles. The maximum atomic E-state index is 13.4. The molecule has 30 heavy (non-hydrogen) atoms. The molecule has 2 fully saturated rings. The molecule has 4 heterocycles. The van der Waals surface area contributed by atoms with E-state index in [1.807, 2.05) is 45.4 Å². The van der Waals surface area contributed by atoms with Gasteiger partial charge in [0, 0.05) is 71.5 Å². The van der Waals surface area contributed by atoms with Gasteiger partial charge in [-0.1, -0.05) is 0 Å². The second-order valence-corrected chi connectivity index (χ2v) is 8.99. The third kappa shape index (κ3) is 3.64. The van der Waals surface area contributed by atoms with Gasteiger partial charge >= 0.3 is 0 Å². The molecule has 0 bridgehead atoms. The molecular formula is C22H31N5O3. The van der Waals surface area contributed by atoms with Crippen molar-refractivity contribution in [2.75, 3.05) is 40.3 Å². The fourth-order valence-electron chi connectivity index (χ4n) is 5.23. The Kier molecular flexibility index (Phi) is 5.44. The highest BCUT2D eigenvalue weighted by Crippen LogP contribution is 2.44. The van der Waals surface area contributed by atoms with Gasteiger partial charge in [-0.15, -0.1) is 0 Å². The van der Waals surface area contributed by atoms with Crippen LogP contribution in [0, 0.1) is 18.3 Å². The molecule has 2 aliphatic rings. The van der Waals surface area contributed by atoms with E-state index in [2.05, 4.69) is 10.00 Å². The number of hydrogen-bond acceptors (Lipinski definition) is 5. The average molecular weight is 414 g/mol. The van der Waals surface area contributed by atoms with Crippen molar-refractivity contribution in [3.8, 4) is 0 Å². The first-order chi connectivity index (χ1) is 14.3. The lowest BCUT2D eigenvalue weighted by Crippen LogP contribution is -2.47. The Morgan fingerprint density at radius 3 is 2.77 bits per heavy atom. The van der Waals surface area contributed by atoms with E-state index in [4.69, 9.17) is 4.42 Å². The second kappa shape index (κ2) is 7.91. The molecule has 2 atom stereocenters. The molecule has 8 nitrogen and oxygen atoms in total. The van der Waals surface area contributed by atoms with Gasteiger partial charge in [0.1, 0.15) is 5.76 Å². The standard InChI is InChI=1S/C22H31N5O3/c1-16-19(6-9-30-16)20(28)27-8-5-7-22(21(29)24(2)3)15-26(13-18(22)14-27)12-17-10-23-25(4)11-17/h6,9-11,18H,5,7-8,12-15H2,1-4H3/t18-,22+/m1/s1. The molecule has 0 unspecified atom stereocenters. The van der Waals surface area contributed by atoms with E-state index in [1.54, 1.807) is 21.9 Å². The molecule has 2 aromatic heterocycles. The zero-order valence-corrected chi connectivity index (χ0v) is 18.3. The van der Waals surface area contributed by atoms with Gasteiger partial charge in [-0.3, -0.25) is 19.2 Å². The van der Waals surface area contributed by atoms with Gasteiger partial charge in [0.25, 0.3) is 5.91 Å². The first-order valence-corrected chi connectivity index (χ1v) is 10.5. The molecule has 8 heteroatoms. The number of likely N-dealkylation sites (tertiary alicyclic amines) is 2. The van der Waals surface area contributed by atoms with Crippen LogP contribution in [0.15, 0.2) is 29.1 Å². The monoisotopic (exact) mass is 413 g/mol. The summed E-state index contributed by atoms with van der Waals surface area (Å²) < 4.78 is 7.15. The highest BCUT2D eigenvalue weighted by molar-refractivity contribution is 5.95. The summed E-state index contributed by atoms with van der Waals surface area (Å²) in [7, 11) is 5.58. The van der Waals surface area contributed by atoms with Crippen LogP contribution >= 0.6 is 0 Å². The normalized spacial score (nSPS) is 24.5. The van der Waals surface area contributed by atoms with Gasteiger partial charge < -0.3 is 14.2 Å². The number of nitrogens with zero attached hydrogens (tertiary/aromatic N) is 5. The van der Waals surface area contributed by atoms with Gasteiger partial charge in [-0.05, 0) is 25.8 Å². The van der Waals surface area contributed by atoms with E-state index >= 15 is 0 Å². The van der Waals surface area contributed by atoms with Crippen LogP contribution in [0.2, 0.25) is 0 Å². The van der Waals surface area contributed by atoms with Gasteiger partial charge in [0.15, 0.2) is 0 Å². The number of furan rings is 1. The summed E-state index contributed by atoms with van der Waals surface area (Å²) in [6, 6.07) is 1.74. The van der Waals surface area contributed by atoms with E-state index < -0.39 is 5.41 Å². The molecule has 2 saturated heterocycles. The first-order valence-electron chi connectivity index (χ1n) is 10.5. The number of rotatable bonds is 4. The van der Waals surface area contributed by atoms with Crippen molar-refractivity contribution in [3.63, 3.8) is 0 Å². The maximum Gasteiger partial charge on any atom is 0.257 e. The van der Waals surface area contributed by atoms with Gasteiger partial charge in [-0.25, -0.2) is 0 Å². The summed E-state index contributed by atoms with van der Waals surface area (Å²) in [5.41, 5.74) is 1.31. The number of amides is 2. The Labute approximate surface area is 177 Å². The number of carbonyl (C=O) groups excluding carboxylic acids is 2. The number of fused-ring (bicyclic) bond motifs is 1. The topological polar surface area (TPSA) is 74.8 Å². The predicted octanol–water partition coefficient (Wildman–Crippen LogP) is 1.76. The molecule has 2 amide bonds. The summed E-state index contributed by atoms with van der Waals surface area (Å²) in [5.74, 6) is 0.919. The number of aromatic nitrogens is 2. The minimum absolute atomic E-state index is 0.0000569. The molecule has 2 aromatic rings. The third-order valence-corrected chi connectivity index (χ3v) is 6.63. The minimum atomic E-state index is -0.452. The lowest BCUT2D eigenvalue weighted by molar-refractivity contribution is -0.141. The van der Waals surface area contributed by atoms with Crippen LogP contribution in [0.3, 0.4) is 0 Å². The molecule has 0 saturated carbocycles. The van der Waals surface area contributed by atoms with Crippen LogP contribution in [0.5, 0.6) is 0 Å². The van der Waals surface area contributed by atoms with Crippen LogP contribution in [0.1, 0.15) is 34.5 Å². The summed E-state index contributed by atoms with van der Waals surface area (Å²) in [6.07, 6.45) is 7.08. The molecule has 4 rings (SSSR count). The molecule has 0 radical (unpaired) electrons. The Bertz CT molecular complexity index is 933. The Morgan fingerprint density at radius 2 is 2.13 bits per heavy atom. The summed E-state index contributed by atoms with van der Waals surface area (Å²) >= 11 is 0. The second-order valence-electron chi connectivity index (χ2n) is 8.99. The summed E-state index contributed by atoms with van der Waals surface area (Å²) in [5, 5.41) is 4.27. The quantitative estimate of drug-likeness (QED) is 0.764. The average Bonchev–Trinajstić information content (AvgIpc) is 3.37. The minimum Gasteiger partial charge on any atom is -0.469 e. The number of aryl methyl sites for hydroxylation is 2. The molecule has 0 aromatic carbocycles. The predicted molar refractivity (Wildman–Crippen MR) is 112 cm³/mol. The van der Waals surface area contributed by atoms with Crippen LogP contribution in [0.4, 0.5) is 0 Å². The Hall–Kier alpha value is -2.61. The van der Waals surface area contributed by atoms with Crippen molar-refractivity contribution in [3.05, 3.63) is 41.6 Å². The van der Waals surface area contributed by atoms with Gasteiger partial charge in [0.2, 0.25) is 5.91 Å². The van der Waals surface area contributed by atoms with Crippen LogP contribution in [0.25, 0.3) is 0 Å². The molecule has 0 N–H and O–H groups in total. The van der Waals surface area contributed by atoms with E-state index in [0.717, 1.165) is 38.0 Å². The highest BCUT2D eigenvalue weighted by Gasteiger charge is 2.53. The Morgan fingerprint density at radius 1 is 1.33 bits per heavy atom. The van der Waals surface area contributed by atoms with Crippen molar-refractivity contribution in [2.24, 2.45) is 18.4 Å². The van der Waals surface area contributed by atoms with Crippen molar-refractivity contribution in [1.29, 1.82) is 0 Å². The fourth-order valence-corrected chi connectivity index (χ4v) is 5.23. The van der Waals surface area contributed by atoms with Gasteiger partial charge in [-0.2, -0.15) is 5.10 Å². The molecule has 162 valence electrons. The van der Waals surface area contributed by atoms with Crippen LogP contribution in [-0.4, -0.2) is 76.6 Å². The third-order valence-electron chi connectivity index (χ3n) is 6.63. The smallest absolute Gasteiger partial charge is 0.257 e. The fraction of sp³-hybridized carbons (Fsp3) is 0.591. The van der Waals surface area contributed by atoms with Crippen molar-refractivity contribution >= 4 is 11.8 Å².